The van der Waals surface area contributed by atoms with Crippen LogP contribution in [-0.4, -0.2) is 21.9 Å². The smallest absolute Gasteiger partial charge is 0.119 e. The van der Waals surface area contributed by atoms with Crippen LogP contribution in [0.5, 0.6) is 5.75 Å². The number of benzene rings is 3. The standard InChI is InChI=1S/C25H20ClN3O/c1-15-4-7-17(8-5-15)24-21-14-27-23-11-10-19(30-3)13-20(23)25(21)29(28-24)18-9-6-16(2)22(26)12-18/h4-14H,1-3H3. The number of hydrogen-bond acceptors (Lipinski definition) is 3. The van der Waals surface area contributed by atoms with Gasteiger partial charge in [0.05, 0.1) is 23.8 Å². The predicted molar refractivity (Wildman–Crippen MR) is 123 cm³/mol. The van der Waals surface area contributed by atoms with E-state index in [0.717, 1.165) is 50.1 Å². The van der Waals surface area contributed by atoms with Crippen LogP contribution in [0.4, 0.5) is 0 Å². The molecule has 5 rings (SSSR count). The highest BCUT2D eigenvalue weighted by molar-refractivity contribution is 6.31. The van der Waals surface area contributed by atoms with E-state index in [1.807, 2.05) is 54.2 Å². The van der Waals surface area contributed by atoms with Gasteiger partial charge in [-0.1, -0.05) is 47.5 Å². The molecule has 148 valence electrons. The Labute approximate surface area is 179 Å². The number of nitrogens with zero attached hydrogens (tertiary/aromatic N) is 3. The highest BCUT2D eigenvalue weighted by Gasteiger charge is 2.18. The molecule has 0 atom stereocenters. The molecular weight excluding hydrogens is 394 g/mol. The van der Waals surface area contributed by atoms with Crippen molar-refractivity contribution in [1.29, 1.82) is 0 Å². The molecule has 0 unspecified atom stereocenters. The van der Waals surface area contributed by atoms with Crippen molar-refractivity contribution in [3.8, 4) is 22.7 Å². The minimum Gasteiger partial charge on any atom is -0.497 e. The van der Waals surface area contributed by atoms with Crippen molar-refractivity contribution in [2.24, 2.45) is 0 Å². The lowest BCUT2D eigenvalue weighted by molar-refractivity contribution is 0.415. The Morgan fingerprint density at radius 2 is 1.70 bits per heavy atom. The number of hydrogen-bond donors (Lipinski definition) is 0. The lowest BCUT2D eigenvalue weighted by Gasteiger charge is -2.08. The second-order valence-corrected chi connectivity index (χ2v) is 7.87. The third kappa shape index (κ3) is 3.01. The van der Waals surface area contributed by atoms with Gasteiger partial charge in [-0.2, -0.15) is 5.10 Å². The first-order valence-electron chi connectivity index (χ1n) is 9.74. The maximum Gasteiger partial charge on any atom is 0.119 e. The molecule has 3 aromatic carbocycles. The van der Waals surface area contributed by atoms with Crippen molar-refractivity contribution < 1.29 is 4.74 Å². The minimum atomic E-state index is 0.712. The van der Waals surface area contributed by atoms with Crippen molar-refractivity contribution in [1.82, 2.24) is 14.8 Å². The topological polar surface area (TPSA) is 39.9 Å². The zero-order valence-electron chi connectivity index (χ0n) is 17.0. The van der Waals surface area contributed by atoms with Gasteiger partial charge in [0.15, 0.2) is 0 Å². The van der Waals surface area contributed by atoms with E-state index in [0.29, 0.717) is 5.02 Å². The van der Waals surface area contributed by atoms with Gasteiger partial charge < -0.3 is 4.74 Å². The molecule has 0 aliphatic heterocycles. The minimum absolute atomic E-state index is 0.712. The Hall–Kier alpha value is -3.37. The van der Waals surface area contributed by atoms with Crippen molar-refractivity contribution in [2.75, 3.05) is 7.11 Å². The highest BCUT2D eigenvalue weighted by Crippen LogP contribution is 2.35. The van der Waals surface area contributed by atoms with Crippen LogP contribution >= 0.6 is 11.6 Å². The van der Waals surface area contributed by atoms with E-state index >= 15 is 0 Å². The average molecular weight is 414 g/mol. The zero-order chi connectivity index (χ0) is 20.8. The lowest BCUT2D eigenvalue weighted by Crippen LogP contribution is -1.98. The van der Waals surface area contributed by atoms with E-state index in [1.165, 1.54) is 5.56 Å². The summed E-state index contributed by atoms with van der Waals surface area (Å²) in [6.45, 7) is 4.07. The van der Waals surface area contributed by atoms with Gasteiger partial charge in [0.1, 0.15) is 11.4 Å². The monoisotopic (exact) mass is 413 g/mol. The fourth-order valence-corrected chi connectivity index (χ4v) is 3.89. The molecule has 4 nitrogen and oxygen atoms in total. The van der Waals surface area contributed by atoms with Crippen LogP contribution in [0.15, 0.2) is 66.9 Å². The maximum atomic E-state index is 6.45. The summed E-state index contributed by atoms with van der Waals surface area (Å²) in [5.41, 5.74) is 6.95. The van der Waals surface area contributed by atoms with Crippen molar-refractivity contribution >= 4 is 33.4 Å². The molecule has 0 amide bonds. The summed E-state index contributed by atoms with van der Waals surface area (Å²) in [4.78, 5) is 4.69. The Balaban J connectivity index is 1.89. The third-order valence-electron chi connectivity index (χ3n) is 5.44. The first kappa shape index (κ1) is 18.6. The number of ether oxygens (including phenoxy) is 1. The fourth-order valence-electron chi connectivity index (χ4n) is 3.72. The summed E-state index contributed by atoms with van der Waals surface area (Å²) in [5, 5.41) is 7.69. The van der Waals surface area contributed by atoms with Crippen LogP contribution in [0.25, 0.3) is 38.8 Å². The number of pyridine rings is 1. The van der Waals surface area contributed by atoms with E-state index < -0.39 is 0 Å². The van der Waals surface area contributed by atoms with Crippen molar-refractivity contribution in [2.45, 2.75) is 13.8 Å². The van der Waals surface area contributed by atoms with E-state index in [-0.39, 0.29) is 0 Å². The molecule has 0 aliphatic rings. The van der Waals surface area contributed by atoms with E-state index in [9.17, 15) is 0 Å². The number of fused-ring (bicyclic) bond motifs is 3. The molecule has 2 aromatic heterocycles. The van der Waals surface area contributed by atoms with Gasteiger partial charge in [-0.05, 0) is 49.7 Å². The maximum absolute atomic E-state index is 6.45. The Morgan fingerprint density at radius 3 is 2.43 bits per heavy atom. The molecule has 5 heteroatoms. The molecule has 0 N–H and O–H groups in total. The average Bonchev–Trinajstić information content (AvgIpc) is 3.16. The Bertz CT molecular complexity index is 1400. The SMILES string of the molecule is COc1ccc2ncc3c(-c4ccc(C)cc4)nn(-c4ccc(C)c(Cl)c4)c3c2c1. The van der Waals surface area contributed by atoms with Crippen molar-refractivity contribution in [3.05, 3.63) is 83.0 Å². The van der Waals surface area contributed by atoms with E-state index in [2.05, 4.69) is 31.2 Å². The van der Waals surface area contributed by atoms with Crippen LogP contribution in [0.3, 0.4) is 0 Å². The van der Waals surface area contributed by atoms with Crippen LogP contribution in [0, 0.1) is 13.8 Å². The number of aryl methyl sites for hydroxylation is 2. The molecule has 0 spiro atoms. The summed E-state index contributed by atoms with van der Waals surface area (Å²) >= 11 is 6.45. The normalized spacial score (nSPS) is 11.3. The molecule has 2 heterocycles. The van der Waals surface area contributed by atoms with Gasteiger partial charge in [0.25, 0.3) is 0 Å². The molecule has 0 bridgehead atoms. The molecule has 0 fully saturated rings. The second kappa shape index (κ2) is 7.15. The summed E-state index contributed by atoms with van der Waals surface area (Å²) in [6, 6.07) is 20.3. The van der Waals surface area contributed by atoms with Crippen LogP contribution in [-0.2, 0) is 0 Å². The largest absolute Gasteiger partial charge is 0.497 e. The summed E-state index contributed by atoms with van der Waals surface area (Å²) < 4.78 is 7.44. The molecular formula is C25H20ClN3O. The second-order valence-electron chi connectivity index (χ2n) is 7.46. The number of aromatic nitrogens is 3. The highest BCUT2D eigenvalue weighted by atomic mass is 35.5. The molecule has 0 radical (unpaired) electrons. The Morgan fingerprint density at radius 1 is 0.900 bits per heavy atom. The first-order valence-corrected chi connectivity index (χ1v) is 10.1. The van der Waals surface area contributed by atoms with Gasteiger partial charge in [-0.15, -0.1) is 0 Å². The van der Waals surface area contributed by atoms with Crippen LogP contribution in [0.2, 0.25) is 5.02 Å². The van der Waals surface area contributed by atoms with Crippen LogP contribution in [0.1, 0.15) is 11.1 Å². The number of methoxy groups -OCH3 is 1. The van der Waals surface area contributed by atoms with Gasteiger partial charge in [0.2, 0.25) is 0 Å². The molecule has 0 aliphatic carbocycles. The number of halogens is 1. The number of rotatable bonds is 3. The van der Waals surface area contributed by atoms with Gasteiger partial charge in [-0.3, -0.25) is 4.98 Å². The van der Waals surface area contributed by atoms with Crippen molar-refractivity contribution in [3.63, 3.8) is 0 Å². The Kier molecular flexibility index (Phi) is 4.44. The van der Waals surface area contributed by atoms with Crippen LogP contribution < -0.4 is 4.74 Å². The summed E-state index contributed by atoms with van der Waals surface area (Å²) in [7, 11) is 1.67. The molecule has 0 saturated heterocycles. The third-order valence-corrected chi connectivity index (χ3v) is 5.85. The predicted octanol–water partition coefficient (Wildman–Crippen LogP) is 6.52. The van der Waals surface area contributed by atoms with Gasteiger partial charge in [-0.25, -0.2) is 4.68 Å². The fraction of sp³-hybridized carbons (Fsp3) is 0.120. The lowest BCUT2D eigenvalue weighted by atomic mass is 10.1. The van der Waals surface area contributed by atoms with Gasteiger partial charge >= 0.3 is 0 Å². The molecule has 5 aromatic rings. The summed E-state index contributed by atoms with van der Waals surface area (Å²) in [6.07, 6.45) is 1.90. The van der Waals surface area contributed by atoms with E-state index in [4.69, 9.17) is 26.4 Å². The molecule has 0 saturated carbocycles. The summed E-state index contributed by atoms with van der Waals surface area (Å²) in [5.74, 6) is 0.781. The first-order chi connectivity index (χ1) is 14.5. The zero-order valence-corrected chi connectivity index (χ0v) is 17.7. The van der Waals surface area contributed by atoms with Gasteiger partial charge in [0, 0.05) is 27.6 Å². The molecule has 30 heavy (non-hydrogen) atoms. The van der Waals surface area contributed by atoms with E-state index in [1.54, 1.807) is 7.11 Å². The quantitative estimate of drug-likeness (QED) is 0.338.